The van der Waals surface area contributed by atoms with Crippen molar-refractivity contribution < 1.29 is 19.1 Å². The summed E-state index contributed by atoms with van der Waals surface area (Å²) in [5, 5.41) is 2.68. The molecule has 1 aromatic rings. The predicted octanol–water partition coefficient (Wildman–Crippen LogP) is 1.56. The zero-order chi connectivity index (χ0) is 12.4. The van der Waals surface area contributed by atoms with Gasteiger partial charge in [0.25, 0.3) is 0 Å². The van der Waals surface area contributed by atoms with Crippen LogP contribution < -0.4 is 5.32 Å². The van der Waals surface area contributed by atoms with Crippen LogP contribution in [-0.4, -0.2) is 25.8 Å². The number of methoxy groups -OCH3 is 1. The molecule has 1 fully saturated rings. The molecule has 1 unspecified atom stereocenters. The van der Waals surface area contributed by atoms with Gasteiger partial charge in [0.1, 0.15) is 6.61 Å². The van der Waals surface area contributed by atoms with E-state index >= 15 is 0 Å². The van der Waals surface area contributed by atoms with Gasteiger partial charge in [-0.15, -0.1) is 0 Å². The van der Waals surface area contributed by atoms with Crippen molar-refractivity contribution in [3.05, 3.63) is 34.9 Å². The summed E-state index contributed by atoms with van der Waals surface area (Å²) in [5.41, 5.74) is 2.26. The molecule has 1 N–H and O–H groups in total. The van der Waals surface area contributed by atoms with Crippen LogP contribution in [0.15, 0.2) is 18.2 Å². The van der Waals surface area contributed by atoms with Crippen molar-refractivity contribution in [2.75, 3.05) is 13.7 Å². The van der Waals surface area contributed by atoms with E-state index in [9.17, 15) is 9.59 Å². The lowest BCUT2D eigenvalue weighted by Crippen LogP contribution is -2.18. The largest absolute Gasteiger partial charge is 0.465 e. The van der Waals surface area contributed by atoms with Gasteiger partial charge >= 0.3 is 12.1 Å². The van der Waals surface area contributed by atoms with Gasteiger partial charge < -0.3 is 14.8 Å². The number of hydrogen-bond donors (Lipinski definition) is 1. The van der Waals surface area contributed by atoms with Crippen molar-refractivity contribution in [3.63, 3.8) is 0 Å². The van der Waals surface area contributed by atoms with E-state index in [-0.39, 0.29) is 12.0 Å². The number of cyclic esters (lactones) is 1. The van der Waals surface area contributed by atoms with Gasteiger partial charge in [0.2, 0.25) is 0 Å². The number of aryl methyl sites for hydroxylation is 1. The van der Waals surface area contributed by atoms with E-state index in [1.807, 2.05) is 13.0 Å². The smallest absolute Gasteiger partial charge is 0.407 e. The van der Waals surface area contributed by atoms with Gasteiger partial charge in [0.05, 0.1) is 18.7 Å². The van der Waals surface area contributed by atoms with Gasteiger partial charge in [-0.25, -0.2) is 9.59 Å². The molecule has 2 rings (SSSR count). The lowest BCUT2D eigenvalue weighted by molar-refractivity contribution is 0.0600. The molecule has 0 radical (unpaired) electrons. The van der Waals surface area contributed by atoms with Crippen LogP contribution in [0.3, 0.4) is 0 Å². The highest BCUT2D eigenvalue weighted by atomic mass is 16.6. The molecule has 1 aliphatic rings. The lowest BCUT2D eigenvalue weighted by atomic mass is 10.0. The average molecular weight is 235 g/mol. The minimum absolute atomic E-state index is 0.145. The first kappa shape index (κ1) is 11.4. The summed E-state index contributed by atoms with van der Waals surface area (Å²) < 4.78 is 9.48. The fourth-order valence-corrected chi connectivity index (χ4v) is 1.81. The van der Waals surface area contributed by atoms with Gasteiger partial charge in [-0.1, -0.05) is 12.1 Å². The first-order valence-corrected chi connectivity index (χ1v) is 5.24. The zero-order valence-corrected chi connectivity index (χ0v) is 9.65. The number of carbonyl (C=O) groups excluding carboxylic acids is 2. The van der Waals surface area contributed by atoms with E-state index in [0.29, 0.717) is 12.2 Å². The molecule has 1 saturated heterocycles. The maximum atomic E-state index is 11.4. The van der Waals surface area contributed by atoms with Crippen LogP contribution in [0.25, 0.3) is 0 Å². The fourth-order valence-electron chi connectivity index (χ4n) is 1.81. The molecule has 0 aliphatic carbocycles. The summed E-state index contributed by atoms with van der Waals surface area (Å²) in [4.78, 5) is 22.3. The number of alkyl carbamates (subject to hydrolysis) is 1. The standard InChI is InChI=1S/C12H13NO4/c1-7-5-8(10-6-17-12(15)13-10)3-4-9(7)11(14)16-2/h3-5,10H,6H2,1-2H3,(H,13,15). The molecule has 0 spiro atoms. The zero-order valence-electron chi connectivity index (χ0n) is 9.65. The molecule has 5 heteroatoms. The Balaban J connectivity index is 2.24. The van der Waals surface area contributed by atoms with Crippen molar-refractivity contribution in [2.24, 2.45) is 0 Å². The summed E-state index contributed by atoms with van der Waals surface area (Å²) in [7, 11) is 1.35. The number of ether oxygens (including phenoxy) is 2. The van der Waals surface area contributed by atoms with E-state index in [1.165, 1.54) is 7.11 Å². The second kappa shape index (κ2) is 4.45. The molecule has 90 valence electrons. The van der Waals surface area contributed by atoms with E-state index in [2.05, 4.69) is 10.1 Å². The summed E-state index contributed by atoms with van der Waals surface area (Å²) in [6, 6.07) is 5.19. The first-order chi connectivity index (χ1) is 8.11. The number of esters is 1. The van der Waals surface area contributed by atoms with Gasteiger partial charge in [-0.3, -0.25) is 0 Å². The minimum Gasteiger partial charge on any atom is -0.465 e. The van der Waals surface area contributed by atoms with Crippen molar-refractivity contribution in [3.8, 4) is 0 Å². The molecule has 0 aromatic heterocycles. The van der Waals surface area contributed by atoms with Crippen molar-refractivity contribution in [2.45, 2.75) is 13.0 Å². The summed E-state index contributed by atoms with van der Waals surface area (Å²) in [5.74, 6) is -0.360. The van der Waals surface area contributed by atoms with Crippen LogP contribution in [0.2, 0.25) is 0 Å². The first-order valence-electron chi connectivity index (χ1n) is 5.24. The second-order valence-electron chi connectivity index (χ2n) is 3.86. The van der Waals surface area contributed by atoms with Gasteiger partial charge in [-0.2, -0.15) is 0 Å². The molecular formula is C12H13NO4. The Hall–Kier alpha value is -2.04. The van der Waals surface area contributed by atoms with E-state index in [4.69, 9.17) is 4.74 Å². The van der Waals surface area contributed by atoms with Crippen LogP contribution in [0, 0.1) is 6.92 Å². The molecular weight excluding hydrogens is 222 g/mol. The van der Waals surface area contributed by atoms with Crippen LogP contribution in [0.1, 0.15) is 27.5 Å². The number of nitrogens with one attached hydrogen (secondary N) is 1. The molecule has 0 bridgehead atoms. The van der Waals surface area contributed by atoms with E-state index in [1.54, 1.807) is 12.1 Å². The van der Waals surface area contributed by atoms with Crippen LogP contribution in [0.5, 0.6) is 0 Å². The topological polar surface area (TPSA) is 64.6 Å². The van der Waals surface area contributed by atoms with Crippen LogP contribution in [0.4, 0.5) is 4.79 Å². The summed E-state index contributed by atoms with van der Waals surface area (Å²) >= 11 is 0. The van der Waals surface area contributed by atoms with Crippen LogP contribution in [-0.2, 0) is 9.47 Å². The highest BCUT2D eigenvalue weighted by Gasteiger charge is 2.24. The average Bonchev–Trinajstić information content (AvgIpc) is 2.75. The predicted molar refractivity (Wildman–Crippen MR) is 59.7 cm³/mol. The molecule has 17 heavy (non-hydrogen) atoms. The molecule has 1 atom stereocenters. The molecule has 1 aromatic carbocycles. The second-order valence-corrected chi connectivity index (χ2v) is 3.86. The summed E-state index contributed by atoms with van der Waals surface area (Å²) in [6.07, 6.45) is -0.412. The van der Waals surface area contributed by atoms with Crippen molar-refractivity contribution in [1.82, 2.24) is 5.32 Å². The molecule has 0 saturated carbocycles. The molecule has 1 aliphatic heterocycles. The van der Waals surface area contributed by atoms with Gasteiger partial charge in [0, 0.05) is 0 Å². The molecule has 1 amide bonds. The third kappa shape index (κ3) is 2.22. The Kier molecular flexibility index (Phi) is 2.99. The third-order valence-corrected chi connectivity index (χ3v) is 2.73. The number of benzene rings is 1. The molecule has 5 nitrogen and oxygen atoms in total. The Labute approximate surface area is 98.7 Å². The monoisotopic (exact) mass is 235 g/mol. The fraction of sp³-hybridized carbons (Fsp3) is 0.333. The highest BCUT2D eigenvalue weighted by Crippen LogP contribution is 2.21. The highest BCUT2D eigenvalue weighted by molar-refractivity contribution is 5.91. The lowest BCUT2D eigenvalue weighted by Gasteiger charge is -2.10. The molecule has 1 heterocycles. The quantitative estimate of drug-likeness (QED) is 0.790. The third-order valence-electron chi connectivity index (χ3n) is 2.73. The number of carbonyl (C=O) groups is 2. The summed E-state index contributed by atoms with van der Waals surface area (Å²) in [6.45, 7) is 2.14. The van der Waals surface area contributed by atoms with Crippen molar-refractivity contribution >= 4 is 12.1 Å². The van der Waals surface area contributed by atoms with Crippen LogP contribution >= 0.6 is 0 Å². The normalized spacial score (nSPS) is 18.5. The number of amides is 1. The van der Waals surface area contributed by atoms with Crippen molar-refractivity contribution in [1.29, 1.82) is 0 Å². The number of hydrogen-bond acceptors (Lipinski definition) is 4. The minimum atomic E-state index is -0.412. The SMILES string of the molecule is COC(=O)c1ccc(C2COC(=O)N2)cc1C. The Morgan fingerprint density at radius 3 is 2.82 bits per heavy atom. The Bertz CT molecular complexity index is 470. The van der Waals surface area contributed by atoms with Gasteiger partial charge in [-0.05, 0) is 24.1 Å². The maximum absolute atomic E-state index is 11.4. The maximum Gasteiger partial charge on any atom is 0.407 e. The van der Waals surface area contributed by atoms with E-state index in [0.717, 1.165) is 11.1 Å². The van der Waals surface area contributed by atoms with E-state index < -0.39 is 6.09 Å². The Morgan fingerprint density at radius 1 is 1.53 bits per heavy atom. The Morgan fingerprint density at radius 2 is 2.29 bits per heavy atom. The van der Waals surface area contributed by atoms with Gasteiger partial charge in [0.15, 0.2) is 0 Å². The number of rotatable bonds is 2.